The van der Waals surface area contributed by atoms with Crippen LogP contribution >= 0.6 is 0 Å². The number of carbonyl (C=O) groups excluding carboxylic acids is 1. The maximum atomic E-state index is 11.9. The second kappa shape index (κ2) is 5.90. The zero-order chi connectivity index (χ0) is 15.5. The van der Waals surface area contributed by atoms with E-state index in [2.05, 4.69) is 5.32 Å². The van der Waals surface area contributed by atoms with Crippen molar-refractivity contribution >= 4 is 17.3 Å². The summed E-state index contributed by atoms with van der Waals surface area (Å²) in [4.78, 5) is 22.5. The van der Waals surface area contributed by atoms with Gasteiger partial charge in [0.2, 0.25) is 0 Å². The fourth-order valence-corrected chi connectivity index (χ4v) is 1.58. The van der Waals surface area contributed by atoms with Crippen LogP contribution in [0.2, 0.25) is 0 Å². The summed E-state index contributed by atoms with van der Waals surface area (Å²) in [7, 11) is 0. The number of nitrogens with zero attached hydrogens (tertiary/aromatic N) is 1. The molecule has 1 rings (SSSR count). The van der Waals surface area contributed by atoms with Crippen molar-refractivity contribution in [3.05, 3.63) is 33.9 Å². The van der Waals surface area contributed by atoms with Gasteiger partial charge in [-0.05, 0) is 46.8 Å². The SMILES string of the molecule is CC(C)Nc1ccc(C(=O)OC(C)(C)C)cc1[N+](=O)[O-]. The summed E-state index contributed by atoms with van der Waals surface area (Å²) < 4.78 is 5.20. The van der Waals surface area contributed by atoms with Gasteiger partial charge in [0.1, 0.15) is 11.3 Å². The van der Waals surface area contributed by atoms with Gasteiger partial charge in [-0.3, -0.25) is 10.1 Å². The molecule has 0 aliphatic rings. The van der Waals surface area contributed by atoms with E-state index in [4.69, 9.17) is 4.74 Å². The fraction of sp³-hybridized carbons (Fsp3) is 0.500. The van der Waals surface area contributed by atoms with E-state index in [-0.39, 0.29) is 17.3 Å². The van der Waals surface area contributed by atoms with E-state index >= 15 is 0 Å². The number of ether oxygens (including phenoxy) is 1. The van der Waals surface area contributed by atoms with E-state index in [1.807, 2.05) is 13.8 Å². The first-order chi connectivity index (χ1) is 9.10. The third-order valence-electron chi connectivity index (χ3n) is 2.27. The molecule has 6 nitrogen and oxygen atoms in total. The molecule has 0 unspecified atom stereocenters. The summed E-state index contributed by atoms with van der Waals surface area (Å²) in [5.41, 5.74) is -0.221. The van der Waals surface area contributed by atoms with Crippen LogP contribution in [-0.2, 0) is 4.74 Å². The van der Waals surface area contributed by atoms with Crippen molar-refractivity contribution in [3.8, 4) is 0 Å². The average Bonchev–Trinajstić information content (AvgIpc) is 2.25. The predicted octanol–water partition coefficient (Wildman–Crippen LogP) is 3.37. The summed E-state index contributed by atoms with van der Waals surface area (Å²) in [5, 5.41) is 14.1. The van der Waals surface area contributed by atoms with E-state index in [0.29, 0.717) is 5.69 Å². The summed E-state index contributed by atoms with van der Waals surface area (Å²) >= 11 is 0. The smallest absolute Gasteiger partial charge is 0.338 e. The normalized spacial score (nSPS) is 11.3. The molecule has 0 saturated carbocycles. The van der Waals surface area contributed by atoms with Crippen molar-refractivity contribution < 1.29 is 14.5 Å². The van der Waals surface area contributed by atoms with Crippen molar-refractivity contribution in [1.82, 2.24) is 0 Å². The lowest BCUT2D eigenvalue weighted by molar-refractivity contribution is -0.384. The van der Waals surface area contributed by atoms with Crippen LogP contribution in [-0.4, -0.2) is 22.5 Å². The lowest BCUT2D eigenvalue weighted by Gasteiger charge is -2.19. The number of hydrogen-bond acceptors (Lipinski definition) is 5. The Balaban J connectivity index is 3.10. The molecule has 0 aliphatic heterocycles. The zero-order valence-electron chi connectivity index (χ0n) is 12.4. The van der Waals surface area contributed by atoms with Gasteiger partial charge in [0.25, 0.3) is 5.69 Å². The number of nitro benzene ring substituents is 1. The molecular weight excluding hydrogens is 260 g/mol. The first-order valence-electron chi connectivity index (χ1n) is 6.38. The van der Waals surface area contributed by atoms with Crippen LogP contribution < -0.4 is 5.32 Å². The maximum Gasteiger partial charge on any atom is 0.338 e. The van der Waals surface area contributed by atoms with E-state index in [1.165, 1.54) is 18.2 Å². The van der Waals surface area contributed by atoms with E-state index in [9.17, 15) is 14.9 Å². The van der Waals surface area contributed by atoms with Crippen LogP contribution in [0.4, 0.5) is 11.4 Å². The molecule has 0 radical (unpaired) electrons. The molecule has 0 bridgehead atoms. The molecule has 20 heavy (non-hydrogen) atoms. The minimum absolute atomic E-state index is 0.0566. The third kappa shape index (κ3) is 4.53. The Morgan fingerprint density at radius 3 is 2.40 bits per heavy atom. The van der Waals surface area contributed by atoms with Crippen LogP contribution in [0.25, 0.3) is 0 Å². The van der Waals surface area contributed by atoms with Crippen LogP contribution in [0, 0.1) is 10.1 Å². The van der Waals surface area contributed by atoms with Gasteiger partial charge in [-0.2, -0.15) is 0 Å². The third-order valence-corrected chi connectivity index (χ3v) is 2.27. The minimum atomic E-state index is -0.638. The number of nitrogens with one attached hydrogen (secondary N) is 1. The number of rotatable bonds is 4. The molecule has 6 heteroatoms. The molecule has 1 aromatic rings. The molecule has 1 aromatic carbocycles. The Kier molecular flexibility index (Phi) is 4.70. The van der Waals surface area contributed by atoms with Gasteiger partial charge in [-0.25, -0.2) is 4.79 Å². The summed E-state index contributed by atoms with van der Waals surface area (Å²) in [5.74, 6) is -0.573. The van der Waals surface area contributed by atoms with Crippen molar-refractivity contribution in [3.63, 3.8) is 0 Å². The Morgan fingerprint density at radius 2 is 1.95 bits per heavy atom. The standard InChI is InChI=1S/C14H20N2O4/c1-9(2)15-11-7-6-10(8-12(11)16(18)19)13(17)20-14(3,4)5/h6-9,15H,1-5H3. The second-order valence-corrected chi connectivity index (χ2v) is 5.79. The molecule has 110 valence electrons. The number of nitro groups is 1. The highest BCUT2D eigenvalue weighted by Crippen LogP contribution is 2.27. The lowest BCUT2D eigenvalue weighted by atomic mass is 10.1. The summed E-state index contributed by atoms with van der Waals surface area (Å²) in [6.07, 6.45) is 0. The van der Waals surface area contributed by atoms with Crippen molar-refractivity contribution in [2.45, 2.75) is 46.3 Å². The fourth-order valence-electron chi connectivity index (χ4n) is 1.58. The molecule has 0 atom stereocenters. The summed E-state index contributed by atoms with van der Waals surface area (Å²) in [6.45, 7) is 8.99. The molecule has 0 aromatic heterocycles. The number of anilines is 1. The van der Waals surface area contributed by atoms with Gasteiger partial charge in [0, 0.05) is 12.1 Å². The highest BCUT2D eigenvalue weighted by molar-refractivity contribution is 5.91. The minimum Gasteiger partial charge on any atom is -0.456 e. The monoisotopic (exact) mass is 280 g/mol. The van der Waals surface area contributed by atoms with E-state index < -0.39 is 16.5 Å². The Bertz CT molecular complexity index is 518. The molecular formula is C14H20N2O4. The van der Waals surface area contributed by atoms with E-state index in [0.717, 1.165) is 0 Å². The highest BCUT2D eigenvalue weighted by Gasteiger charge is 2.22. The van der Waals surface area contributed by atoms with Gasteiger partial charge >= 0.3 is 5.97 Å². The topological polar surface area (TPSA) is 81.5 Å². The maximum absolute atomic E-state index is 11.9. The van der Waals surface area contributed by atoms with E-state index in [1.54, 1.807) is 20.8 Å². The predicted molar refractivity (Wildman–Crippen MR) is 77.0 cm³/mol. The van der Waals surface area contributed by atoms with Gasteiger partial charge in [-0.15, -0.1) is 0 Å². The Morgan fingerprint density at radius 1 is 1.35 bits per heavy atom. The molecule has 0 fully saturated rings. The first kappa shape index (κ1) is 15.9. The Hall–Kier alpha value is -2.11. The first-order valence-corrected chi connectivity index (χ1v) is 6.38. The number of benzene rings is 1. The van der Waals surface area contributed by atoms with Gasteiger partial charge in [0.15, 0.2) is 0 Å². The zero-order valence-corrected chi connectivity index (χ0v) is 12.4. The van der Waals surface area contributed by atoms with Gasteiger partial charge < -0.3 is 10.1 Å². The van der Waals surface area contributed by atoms with Crippen LogP contribution in [0.5, 0.6) is 0 Å². The number of esters is 1. The number of hydrogen-bond donors (Lipinski definition) is 1. The van der Waals surface area contributed by atoms with Crippen LogP contribution in [0.15, 0.2) is 18.2 Å². The summed E-state index contributed by atoms with van der Waals surface area (Å²) in [6, 6.07) is 4.34. The van der Waals surface area contributed by atoms with Crippen molar-refractivity contribution in [2.75, 3.05) is 5.32 Å². The molecule has 1 N–H and O–H groups in total. The van der Waals surface area contributed by atoms with Crippen molar-refractivity contribution in [1.29, 1.82) is 0 Å². The number of carbonyl (C=O) groups is 1. The van der Waals surface area contributed by atoms with Gasteiger partial charge in [0.05, 0.1) is 10.5 Å². The largest absolute Gasteiger partial charge is 0.456 e. The Labute approximate surface area is 118 Å². The van der Waals surface area contributed by atoms with Gasteiger partial charge in [-0.1, -0.05) is 0 Å². The molecule has 0 amide bonds. The lowest BCUT2D eigenvalue weighted by Crippen LogP contribution is -2.24. The molecule has 0 heterocycles. The molecule has 0 saturated heterocycles. The quantitative estimate of drug-likeness (QED) is 0.519. The van der Waals surface area contributed by atoms with Crippen LogP contribution in [0.3, 0.4) is 0 Å². The van der Waals surface area contributed by atoms with Crippen LogP contribution in [0.1, 0.15) is 45.0 Å². The highest BCUT2D eigenvalue weighted by atomic mass is 16.6. The van der Waals surface area contributed by atoms with Crippen molar-refractivity contribution in [2.24, 2.45) is 0 Å². The molecule has 0 aliphatic carbocycles. The average molecular weight is 280 g/mol. The second-order valence-electron chi connectivity index (χ2n) is 5.79. The molecule has 0 spiro atoms.